The predicted octanol–water partition coefficient (Wildman–Crippen LogP) is 4.86. The van der Waals surface area contributed by atoms with Crippen molar-refractivity contribution in [2.45, 2.75) is 26.3 Å². The van der Waals surface area contributed by atoms with E-state index in [2.05, 4.69) is 36.2 Å². The van der Waals surface area contributed by atoms with Crippen LogP contribution < -0.4 is 0 Å². The maximum absolute atomic E-state index is 6.31. The Morgan fingerprint density at radius 3 is 2.68 bits per heavy atom. The number of benzene rings is 2. The van der Waals surface area contributed by atoms with Crippen molar-refractivity contribution >= 4 is 17.3 Å². The lowest BCUT2D eigenvalue weighted by molar-refractivity contribution is 0.491. The number of aromatic nitrogens is 3. The zero-order valence-corrected chi connectivity index (χ0v) is 15.0. The number of fused-ring (bicyclic) bond motifs is 3. The maximum Gasteiger partial charge on any atom is 0.162 e. The number of halogens is 1. The molecule has 0 aliphatic carbocycles. The zero-order valence-electron chi connectivity index (χ0n) is 14.2. The molecule has 0 saturated heterocycles. The number of rotatable bonds is 3. The lowest BCUT2D eigenvalue weighted by atomic mass is 10.00. The quantitative estimate of drug-likeness (QED) is 0.677. The highest BCUT2D eigenvalue weighted by Gasteiger charge is 2.27. The zero-order chi connectivity index (χ0) is 17.4. The molecule has 0 spiro atoms. The number of hydrogen-bond donors (Lipinski definition) is 0. The van der Waals surface area contributed by atoms with Crippen LogP contribution >= 0.6 is 11.6 Å². The van der Waals surface area contributed by atoms with Crippen molar-refractivity contribution in [2.24, 2.45) is 10.9 Å². The monoisotopic (exact) mass is 350 g/mol. The van der Waals surface area contributed by atoms with Gasteiger partial charge in [0.2, 0.25) is 0 Å². The third-order valence-corrected chi connectivity index (χ3v) is 4.61. The lowest BCUT2D eigenvalue weighted by Crippen LogP contribution is -2.08. The molecule has 2 heterocycles. The molecule has 1 aliphatic rings. The van der Waals surface area contributed by atoms with Crippen molar-refractivity contribution in [3.8, 4) is 5.69 Å². The van der Waals surface area contributed by atoms with Gasteiger partial charge in [0.15, 0.2) is 5.82 Å². The standard InChI is InChI=1S/C20H19ClN4/c1-13(2)10-17-20-24-22-12-25(20)18-9-8-15(21)11-16(18)19(23-17)14-6-4-3-5-7-14/h3-9,11-13,17H,10H2,1-2H3. The highest BCUT2D eigenvalue weighted by Crippen LogP contribution is 2.33. The molecule has 4 nitrogen and oxygen atoms in total. The van der Waals surface area contributed by atoms with E-state index in [1.807, 2.05) is 41.0 Å². The van der Waals surface area contributed by atoms with Gasteiger partial charge in [-0.3, -0.25) is 9.56 Å². The van der Waals surface area contributed by atoms with E-state index in [4.69, 9.17) is 16.6 Å². The molecular formula is C20H19ClN4. The molecule has 2 aromatic carbocycles. The summed E-state index contributed by atoms with van der Waals surface area (Å²) in [6.07, 6.45) is 2.68. The fourth-order valence-electron chi connectivity index (χ4n) is 3.28. The summed E-state index contributed by atoms with van der Waals surface area (Å²) < 4.78 is 2.04. The van der Waals surface area contributed by atoms with Gasteiger partial charge in [-0.1, -0.05) is 55.8 Å². The minimum Gasteiger partial charge on any atom is -0.283 e. The Hall–Kier alpha value is -2.46. The summed E-state index contributed by atoms with van der Waals surface area (Å²) in [4.78, 5) is 5.12. The summed E-state index contributed by atoms with van der Waals surface area (Å²) in [5.41, 5.74) is 4.05. The van der Waals surface area contributed by atoms with Gasteiger partial charge >= 0.3 is 0 Å². The molecule has 0 bridgehead atoms. The molecule has 4 rings (SSSR count). The van der Waals surface area contributed by atoms with Crippen LogP contribution in [0.4, 0.5) is 0 Å². The molecule has 1 atom stereocenters. The van der Waals surface area contributed by atoms with Crippen molar-refractivity contribution in [1.29, 1.82) is 0 Å². The van der Waals surface area contributed by atoms with Gasteiger partial charge in [-0.25, -0.2) is 0 Å². The van der Waals surface area contributed by atoms with Gasteiger partial charge in [0.1, 0.15) is 12.4 Å². The summed E-state index contributed by atoms with van der Waals surface area (Å²) in [6, 6.07) is 16.1. The molecule has 1 unspecified atom stereocenters. The molecule has 0 N–H and O–H groups in total. The van der Waals surface area contributed by atoms with Crippen molar-refractivity contribution in [2.75, 3.05) is 0 Å². The van der Waals surface area contributed by atoms with Gasteiger partial charge in [0, 0.05) is 16.1 Å². The second kappa shape index (κ2) is 6.45. The first-order chi connectivity index (χ1) is 12.1. The highest BCUT2D eigenvalue weighted by molar-refractivity contribution is 6.31. The van der Waals surface area contributed by atoms with Crippen molar-refractivity contribution < 1.29 is 0 Å². The van der Waals surface area contributed by atoms with E-state index in [0.29, 0.717) is 10.9 Å². The third kappa shape index (κ3) is 2.98. The van der Waals surface area contributed by atoms with Crippen LogP contribution in [0.3, 0.4) is 0 Å². The Labute approximate surface area is 152 Å². The molecule has 126 valence electrons. The Balaban J connectivity index is 1.99. The summed E-state index contributed by atoms with van der Waals surface area (Å²) >= 11 is 6.31. The van der Waals surface area contributed by atoms with Crippen molar-refractivity contribution in [3.63, 3.8) is 0 Å². The molecule has 3 aromatic rings. The van der Waals surface area contributed by atoms with Gasteiger partial charge < -0.3 is 0 Å². The fraction of sp³-hybridized carbons (Fsp3) is 0.250. The molecular weight excluding hydrogens is 332 g/mol. The third-order valence-electron chi connectivity index (χ3n) is 4.37. The summed E-state index contributed by atoms with van der Waals surface area (Å²) in [7, 11) is 0. The smallest absolute Gasteiger partial charge is 0.162 e. The number of hydrogen-bond acceptors (Lipinski definition) is 3. The van der Waals surface area contributed by atoms with Gasteiger partial charge in [-0.2, -0.15) is 0 Å². The number of aliphatic imine (C=N–C) groups is 1. The first kappa shape index (κ1) is 16.0. The first-order valence-corrected chi connectivity index (χ1v) is 8.84. The lowest BCUT2D eigenvalue weighted by Gasteiger charge is -2.14. The Bertz CT molecular complexity index is 928. The van der Waals surface area contributed by atoms with Gasteiger partial charge in [-0.15, -0.1) is 10.2 Å². The average molecular weight is 351 g/mol. The van der Waals surface area contributed by atoms with E-state index in [1.165, 1.54) is 0 Å². The summed E-state index contributed by atoms with van der Waals surface area (Å²) in [6.45, 7) is 4.40. The molecule has 1 aliphatic heterocycles. The molecule has 1 aromatic heterocycles. The minimum absolute atomic E-state index is 0.0381. The van der Waals surface area contributed by atoms with Crippen LogP contribution in [0.1, 0.15) is 43.3 Å². The van der Waals surface area contributed by atoms with Gasteiger partial charge in [0.25, 0.3) is 0 Å². The Morgan fingerprint density at radius 2 is 1.92 bits per heavy atom. The molecule has 0 fully saturated rings. The van der Waals surface area contributed by atoms with Crippen LogP contribution in [-0.4, -0.2) is 20.5 Å². The first-order valence-electron chi connectivity index (χ1n) is 8.47. The minimum atomic E-state index is -0.0381. The summed E-state index contributed by atoms with van der Waals surface area (Å²) in [5, 5.41) is 9.20. The van der Waals surface area contributed by atoms with Crippen LogP contribution in [0.15, 0.2) is 59.9 Å². The summed E-state index contributed by atoms with van der Waals surface area (Å²) in [5.74, 6) is 1.38. The van der Waals surface area contributed by atoms with E-state index < -0.39 is 0 Å². The molecule has 5 heteroatoms. The van der Waals surface area contributed by atoms with Gasteiger partial charge in [0.05, 0.1) is 11.4 Å². The fourth-order valence-corrected chi connectivity index (χ4v) is 3.45. The Kier molecular flexibility index (Phi) is 4.14. The number of nitrogens with zero attached hydrogens (tertiary/aromatic N) is 4. The molecule has 0 radical (unpaired) electrons. The largest absolute Gasteiger partial charge is 0.283 e. The van der Waals surface area contributed by atoms with Crippen LogP contribution in [-0.2, 0) is 0 Å². The second-order valence-electron chi connectivity index (χ2n) is 6.71. The topological polar surface area (TPSA) is 43.1 Å². The van der Waals surface area contributed by atoms with E-state index in [0.717, 1.165) is 34.8 Å². The van der Waals surface area contributed by atoms with E-state index in [1.54, 1.807) is 6.33 Å². The van der Waals surface area contributed by atoms with E-state index in [-0.39, 0.29) is 6.04 Å². The van der Waals surface area contributed by atoms with E-state index >= 15 is 0 Å². The van der Waals surface area contributed by atoms with Crippen LogP contribution in [0.5, 0.6) is 0 Å². The SMILES string of the molecule is CC(C)CC1N=C(c2ccccc2)c2cc(Cl)ccc2-n2cnnc21. The molecule has 0 amide bonds. The normalized spacial score (nSPS) is 16.2. The van der Waals surface area contributed by atoms with E-state index in [9.17, 15) is 0 Å². The average Bonchev–Trinajstić information content (AvgIpc) is 3.04. The molecule has 0 saturated carbocycles. The van der Waals surface area contributed by atoms with Crippen LogP contribution in [0.25, 0.3) is 5.69 Å². The van der Waals surface area contributed by atoms with Crippen molar-refractivity contribution in [3.05, 3.63) is 76.8 Å². The van der Waals surface area contributed by atoms with Crippen LogP contribution in [0, 0.1) is 5.92 Å². The van der Waals surface area contributed by atoms with Crippen molar-refractivity contribution in [1.82, 2.24) is 14.8 Å². The highest BCUT2D eigenvalue weighted by atomic mass is 35.5. The second-order valence-corrected chi connectivity index (χ2v) is 7.15. The van der Waals surface area contributed by atoms with Gasteiger partial charge in [-0.05, 0) is 30.5 Å². The maximum atomic E-state index is 6.31. The Morgan fingerprint density at radius 1 is 1.12 bits per heavy atom. The van der Waals surface area contributed by atoms with Crippen LogP contribution in [0.2, 0.25) is 5.02 Å². The molecule has 25 heavy (non-hydrogen) atoms. The predicted molar refractivity (Wildman–Crippen MR) is 101 cm³/mol.